The van der Waals surface area contributed by atoms with Crippen molar-refractivity contribution in [2.45, 2.75) is 40.0 Å². The quantitative estimate of drug-likeness (QED) is 0.569. The molecule has 0 aliphatic rings. The smallest absolute Gasteiger partial charge is 0.267 e. The summed E-state index contributed by atoms with van der Waals surface area (Å²) in [6, 6.07) is 9.69. The van der Waals surface area contributed by atoms with Gasteiger partial charge in [0.25, 0.3) is 5.91 Å². The van der Waals surface area contributed by atoms with E-state index in [0.29, 0.717) is 11.6 Å². The molecule has 0 radical (unpaired) electrons. The SMILES string of the molecule is CCCCc1ccc(NC(=O)/C(C#N)=C\NCC(C)C)cc1. The third-order valence-corrected chi connectivity index (χ3v) is 3.17. The van der Waals surface area contributed by atoms with Crippen molar-refractivity contribution in [3.8, 4) is 6.07 Å². The molecule has 0 fully saturated rings. The average Bonchev–Trinajstić information content (AvgIpc) is 2.50. The number of carbonyl (C=O) groups excluding carboxylic acids is 1. The Bertz CT molecular complexity index is 538. The lowest BCUT2D eigenvalue weighted by atomic mass is 10.1. The van der Waals surface area contributed by atoms with E-state index in [1.54, 1.807) is 0 Å². The molecule has 1 aromatic rings. The number of anilines is 1. The largest absolute Gasteiger partial charge is 0.389 e. The highest BCUT2D eigenvalue weighted by Crippen LogP contribution is 2.12. The van der Waals surface area contributed by atoms with Gasteiger partial charge in [0.1, 0.15) is 11.6 Å². The van der Waals surface area contributed by atoms with Crippen molar-refractivity contribution in [1.82, 2.24) is 5.32 Å². The Hall–Kier alpha value is -2.28. The van der Waals surface area contributed by atoms with Gasteiger partial charge in [-0.15, -0.1) is 0 Å². The molecule has 0 aromatic heterocycles. The Kier molecular flexibility index (Phi) is 7.77. The maximum Gasteiger partial charge on any atom is 0.267 e. The molecule has 0 spiro atoms. The Balaban J connectivity index is 2.60. The van der Waals surface area contributed by atoms with Crippen LogP contribution in [0.3, 0.4) is 0 Å². The fourth-order valence-corrected chi connectivity index (χ4v) is 1.88. The highest BCUT2D eigenvalue weighted by Gasteiger charge is 2.09. The first-order chi connectivity index (χ1) is 10.6. The van der Waals surface area contributed by atoms with Crippen LogP contribution < -0.4 is 10.6 Å². The highest BCUT2D eigenvalue weighted by molar-refractivity contribution is 6.06. The third kappa shape index (κ3) is 6.45. The second-order valence-corrected chi connectivity index (χ2v) is 5.73. The van der Waals surface area contributed by atoms with Gasteiger partial charge in [-0.1, -0.05) is 39.3 Å². The number of benzene rings is 1. The standard InChI is InChI=1S/C18H25N3O/c1-4-5-6-15-7-9-17(10-8-15)21-18(22)16(11-19)13-20-12-14(2)3/h7-10,13-14,20H,4-6,12H2,1-3H3,(H,21,22)/b16-13-. The summed E-state index contributed by atoms with van der Waals surface area (Å²) < 4.78 is 0. The third-order valence-electron chi connectivity index (χ3n) is 3.17. The van der Waals surface area contributed by atoms with Gasteiger partial charge in [0.15, 0.2) is 0 Å². The zero-order valence-electron chi connectivity index (χ0n) is 13.6. The molecule has 4 heteroatoms. The Morgan fingerprint density at radius 1 is 1.32 bits per heavy atom. The van der Waals surface area contributed by atoms with Crippen LogP contribution in [0.15, 0.2) is 36.0 Å². The molecule has 0 aliphatic heterocycles. The topological polar surface area (TPSA) is 64.9 Å². The number of nitrogens with one attached hydrogen (secondary N) is 2. The fourth-order valence-electron chi connectivity index (χ4n) is 1.88. The van der Waals surface area contributed by atoms with Gasteiger partial charge in [0.05, 0.1) is 0 Å². The van der Waals surface area contributed by atoms with Crippen molar-refractivity contribution in [2.24, 2.45) is 5.92 Å². The molecule has 0 bridgehead atoms. The number of aryl methyl sites for hydroxylation is 1. The molecule has 1 amide bonds. The second-order valence-electron chi connectivity index (χ2n) is 5.73. The minimum atomic E-state index is -0.389. The summed E-state index contributed by atoms with van der Waals surface area (Å²) >= 11 is 0. The van der Waals surface area contributed by atoms with Gasteiger partial charge in [0.2, 0.25) is 0 Å². The number of carbonyl (C=O) groups is 1. The first-order valence-corrected chi connectivity index (χ1v) is 7.80. The van der Waals surface area contributed by atoms with Crippen LogP contribution >= 0.6 is 0 Å². The maximum absolute atomic E-state index is 12.0. The molecule has 2 N–H and O–H groups in total. The molecular weight excluding hydrogens is 274 g/mol. The van der Waals surface area contributed by atoms with Crippen LogP contribution in [-0.2, 0) is 11.2 Å². The zero-order chi connectivity index (χ0) is 16.4. The van der Waals surface area contributed by atoms with E-state index in [9.17, 15) is 4.79 Å². The number of nitrogens with zero attached hydrogens (tertiary/aromatic N) is 1. The van der Waals surface area contributed by atoms with Gasteiger partial charge in [-0.05, 0) is 36.5 Å². The van der Waals surface area contributed by atoms with Gasteiger partial charge >= 0.3 is 0 Å². The molecule has 118 valence electrons. The molecule has 0 saturated heterocycles. The van der Waals surface area contributed by atoms with E-state index in [2.05, 4.69) is 31.4 Å². The number of hydrogen-bond acceptors (Lipinski definition) is 3. The van der Waals surface area contributed by atoms with Gasteiger partial charge in [-0.25, -0.2) is 0 Å². The van der Waals surface area contributed by atoms with Gasteiger partial charge in [0, 0.05) is 18.4 Å². The lowest BCUT2D eigenvalue weighted by Crippen LogP contribution is -2.19. The van der Waals surface area contributed by atoms with E-state index in [-0.39, 0.29) is 11.5 Å². The number of hydrogen-bond donors (Lipinski definition) is 2. The van der Waals surface area contributed by atoms with E-state index in [4.69, 9.17) is 5.26 Å². The van der Waals surface area contributed by atoms with Crippen molar-refractivity contribution < 1.29 is 4.79 Å². The molecule has 22 heavy (non-hydrogen) atoms. The van der Waals surface area contributed by atoms with Crippen molar-refractivity contribution in [1.29, 1.82) is 5.26 Å². The minimum Gasteiger partial charge on any atom is -0.389 e. The van der Waals surface area contributed by atoms with E-state index in [1.807, 2.05) is 30.3 Å². The molecule has 0 atom stereocenters. The molecule has 4 nitrogen and oxygen atoms in total. The van der Waals surface area contributed by atoms with Crippen LogP contribution in [-0.4, -0.2) is 12.5 Å². The van der Waals surface area contributed by atoms with Crippen LogP contribution in [0.25, 0.3) is 0 Å². The number of unbranched alkanes of at least 4 members (excludes halogenated alkanes) is 1. The van der Waals surface area contributed by atoms with Gasteiger partial charge in [-0.2, -0.15) is 5.26 Å². The van der Waals surface area contributed by atoms with Crippen molar-refractivity contribution in [3.63, 3.8) is 0 Å². The van der Waals surface area contributed by atoms with Gasteiger partial charge < -0.3 is 10.6 Å². The molecule has 0 unspecified atom stereocenters. The van der Waals surface area contributed by atoms with E-state index in [0.717, 1.165) is 25.8 Å². The zero-order valence-corrected chi connectivity index (χ0v) is 13.6. The maximum atomic E-state index is 12.0. The molecule has 0 saturated carbocycles. The Labute approximate surface area is 133 Å². The predicted octanol–water partition coefficient (Wildman–Crippen LogP) is 3.62. The van der Waals surface area contributed by atoms with Crippen LogP contribution in [0.5, 0.6) is 0 Å². The van der Waals surface area contributed by atoms with Crippen LogP contribution in [0.1, 0.15) is 39.2 Å². The summed E-state index contributed by atoms with van der Waals surface area (Å²) in [6.45, 7) is 7.02. The summed E-state index contributed by atoms with van der Waals surface area (Å²) in [5.74, 6) is 0.0648. The second kappa shape index (κ2) is 9.62. The number of nitriles is 1. The van der Waals surface area contributed by atoms with E-state index in [1.165, 1.54) is 11.8 Å². The van der Waals surface area contributed by atoms with Crippen LogP contribution in [0.4, 0.5) is 5.69 Å². The summed E-state index contributed by atoms with van der Waals surface area (Å²) in [6.07, 6.45) is 4.85. The van der Waals surface area contributed by atoms with Crippen LogP contribution in [0, 0.1) is 17.2 Å². The summed E-state index contributed by atoms with van der Waals surface area (Å²) in [4.78, 5) is 12.0. The lowest BCUT2D eigenvalue weighted by molar-refractivity contribution is -0.112. The highest BCUT2D eigenvalue weighted by atomic mass is 16.1. The molecule has 0 heterocycles. The molecule has 1 aromatic carbocycles. The van der Waals surface area contributed by atoms with Crippen LogP contribution in [0.2, 0.25) is 0 Å². The van der Waals surface area contributed by atoms with Crippen molar-refractivity contribution in [2.75, 3.05) is 11.9 Å². The monoisotopic (exact) mass is 299 g/mol. The van der Waals surface area contributed by atoms with Gasteiger partial charge in [-0.3, -0.25) is 4.79 Å². The number of amides is 1. The molecule has 1 rings (SSSR count). The normalized spacial score (nSPS) is 11.1. The van der Waals surface area contributed by atoms with E-state index >= 15 is 0 Å². The Morgan fingerprint density at radius 3 is 2.55 bits per heavy atom. The predicted molar refractivity (Wildman–Crippen MR) is 90.2 cm³/mol. The lowest BCUT2D eigenvalue weighted by Gasteiger charge is -2.07. The average molecular weight is 299 g/mol. The first-order valence-electron chi connectivity index (χ1n) is 7.80. The fraction of sp³-hybridized carbons (Fsp3) is 0.444. The minimum absolute atomic E-state index is 0.0794. The first kappa shape index (κ1) is 17.8. The Morgan fingerprint density at radius 2 is 2.00 bits per heavy atom. The van der Waals surface area contributed by atoms with E-state index < -0.39 is 0 Å². The summed E-state index contributed by atoms with van der Waals surface area (Å²) in [5, 5.41) is 14.8. The number of rotatable bonds is 8. The molecule has 0 aliphatic carbocycles. The summed E-state index contributed by atoms with van der Waals surface area (Å²) in [7, 11) is 0. The van der Waals surface area contributed by atoms with Crippen molar-refractivity contribution >= 4 is 11.6 Å². The van der Waals surface area contributed by atoms with Crippen molar-refractivity contribution in [3.05, 3.63) is 41.6 Å². The summed E-state index contributed by atoms with van der Waals surface area (Å²) in [5.41, 5.74) is 2.04. The molecular formula is C18H25N3O.